The number of carboxylic acids is 1. The number of rotatable bonds is 5. The summed E-state index contributed by atoms with van der Waals surface area (Å²) in [4.78, 5) is 11.8. The second kappa shape index (κ2) is 5.96. The molecule has 0 atom stereocenters. The molecular formula is C15H17NO3S. The Labute approximate surface area is 122 Å². The van der Waals surface area contributed by atoms with E-state index in [9.17, 15) is 4.79 Å². The third-order valence-electron chi connectivity index (χ3n) is 3.16. The van der Waals surface area contributed by atoms with Crippen molar-refractivity contribution in [2.45, 2.75) is 20.4 Å². The zero-order chi connectivity index (χ0) is 14.7. The highest BCUT2D eigenvalue weighted by Crippen LogP contribution is 2.29. The van der Waals surface area contributed by atoms with Gasteiger partial charge < -0.3 is 15.2 Å². The van der Waals surface area contributed by atoms with Gasteiger partial charge in [0.2, 0.25) is 0 Å². The fourth-order valence-electron chi connectivity index (χ4n) is 2.10. The van der Waals surface area contributed by atoms with Crippen LogP contribution in [-0.4, -0.2) is 18.2 Å². The number of hydrogen-bond acceptors (Lipinski definition) is 4. The average molecular weight is 291 g/mol. The minimum absolute atomic E-state index is 0.338. The van der Waals surface area contributed by atoms with Gasteiger partial charge in [-0.25, -0.2) is 4.79 Å². The lowest BCUT2D eigenvalue weighted by Gasteiger charge is -2.14. The smallest absolute Gasteiger partial charge is 0.336 e. The molecule has 0 amide bonds. The molecule has 1 aromatic carbocycles. The Kier molecular flexibility index (Phi) is 4.29. The summed E-state index contributed by atoms with van der Waals surface area (Å²) in [5.74, 6) is -0.00640. The van der Waals surface area contributed by atoms with Crippen molar-refractivity contribution >= 4 is 23.0 Å². The van der Waals surface area contributed by atoms with Gasteiger partial charge in [-0.3, -0.25) is 0 Å². The van der Waals surface area contributed by atoms with E-state index in [1.807, 2.05) is 26.0 Å². The van der Waals surface area contributed by atoms with Gasteiger partial charge in [0, 0.05) is 28.1 Å². The van der Waals surface area contributed by atoms with Crippen molar-refractivity contribution in [3.63, 3.8) is 0 Å². The molecule has 0 unspecified atom stereocenters. The molecule has 4 nitrogen and oxygen atoms in total. The van der Waals surface area contributed by atoms with Crippen LogP contribution < -0.4 is 10.1 Å². The Balaban J connectivity index is 2.12. The highest BCUT2D eigenvalue weighted by atomic mass is 32.1. The summed E-state index contributed by atoms with van der Waals surface area (Å²) >= 11 is 1.44. The van der Waals surface area contributed by atoms with Crippen molar-refractivity contribution in [2.75, 3.05) is 12.4 Å². The maximum atomic E-state index is 10.8. The third kappa shape index (κ3) is 2.93. The van der Waals surface area contributed by atoms with Gasteiger partial charge in [-0.2, -0.15) is 0 Å². The van der Waals surface area contributed by atoms with Crippen LogP contribution in [-0.2, 0) is 6.54 Å². The van der Waals surface area contributed by atoms with Gasteiger partial charge in [0.25, 0.3) is 0 Å². The van der Waals surface area contributed by atoms with Crippen molar-refractivity contribution in [3.8, 4) is 5.75 Å². The predicted molar refractivity (Wildman–Crippen MR) is 81.1 cm³/mol. The van der Waals surface area contributed by atoms with Crippen LogP contribution in [0.2, 0.25) is 0 Å². The molecule has 0 radical (unpaired) electrons. The van der Waals surface area contributed by atoms with Crippen LogP contribution in [0.15, 0.2) is 23.6 Å². The molecule has 0 spiro atoms. The number of ether oxygens (including phenoxy) is 1. The zero-order valence-electron chi connectivity index (χ0n) is 11.7. The van der Waals surface area contributed by atoms with Crippen LogP contribution in [0.4, 0.5) is 5.69 Å². The van der Waals surface area contributed by atoms with E-state index in [1.54, 1.807) is 18.6 Å². The molecule has 1 heterocycles. The first-order valence-corrected chi connectivity index (χ1v) is 7.09. The first kappa shape index (κ1) is 14.4. The topological polar surface area (TPSA) is 58.6 Å². The molecule has 106 valence electrons. The molecule has 5 heteroatoms. The van der Waals surface area contributed by atoms with Crippen LogP contribution in [0, 0.1) is 13.8 Å². The van der Waals surface area contributed by atoms with Crippen molar-refractivity contribution < 1.29 is 14.6 Å². The Morgan fingerprint density at radius 1 is 1.40 bits per heavy atom. The van der Waals surface area contributed by atoms with Gasteiger partial charge in [0.1, 0.15) is 5.75 Å². The van der Waals surface area contributed by atoms with E-state index >= 15 is 0 Å². The number of thiophene rings is 1. The van der Waals surface area contributed by atoms with Crippen LogP contribution in [0.1, 0.15) is 26.4 Å². The molecule has 0 saturated heterocycles. The summed E-state index contributed by atoms with van der Waals surface area (Å²) in [6, 6.07) is 5.71. The summed E-state index contributed by atoms with van der Waals surface area (Å²) in [7, 11) is 1.66. The standard InChI is InChI=1S/C15H17NO3S/c1-9-4-5-13(10(2)14(9)19-3)16-7-12-6-11(8-20-12)15(17)18/h4-6,8,16H,7H2,1-3H3,(H,17,18). The maximum absolute atomic E-state index is 10.8. The summed E-state index contributed by atoms with van der Waals surface area (Å²) in [5.41, 5.74) is 3.49. The van der Waals surface area contributed by atoms with E-state index in [0.717, 1.165) is 27.4 Å². The minimum atomic E-state index is -0.888. The van der Waals surface area contributed by atoms with Gasteiger partial charge in [-0.05, 0) is 31.5 Å². The highest BCUT2D eigenvalue weighted by molar-refractivity contribution is 7.10. The number of nitrogens with one attached hydrogen (secondary N) is 1. The Hall–Kier alpha value is -2.01. The van der Waals surface area contributed by atoms with Gasteiger partial charge in [-0.15, -0.1) is 11.3 Å². The lowest BCUT2D eigenvalue weighted by molar-refractivity contribution is 0.0697. The molecule has 0 aliphatic heterocycles. The predicted octanol–water partition coefficient (Wildman–Crippen LogP) is 3.68. The van der Waals surface area contributed by atoms with Gasteiger partial charge in [0.05, 0.1) is 12.7 Å². The average Bonchev–Trinajstić information content (AvgIpc) is 2.87. The van der Waals surface area contributed by atoms with Crippen LogP contribution in [0.5, 0.6) is 5.75 Å². The molecule has 0 bridgehead atoms. The van der Waals surface area contributed by atoms with E-state index in [1.165, 1.54) is 11.3 Å². The number of carbonyl (C=O) groups is 1. The minimum Gasteiger partial charge on any atom is -0.496 e. The van der Waals surface area contributed by atoms with E-state index in [-0.39, 0.29) is 0 Å². The number of hydrogen-bond donors (Lipinski definition) is 2. The van der Waals surface area contributed by atoms with Gasteiger partial charge >= 0.3 is 5.97 Å². The van der Waals surface area contributed by atoms with Crippen molar-refractivity contribution in [1.29, 1.82) is 0 Å². The van der Waals surface area contributed by atoms with Crippen LogP contribution >= 0.6 is 11.3 Å². The number of anilines is 1. The van der Waals surface area contributed by atoms with Crippen LogP contribution in [0.3, 0.4) is 0 Å². The van der Waals surface area contributed by atoms with E-state index in [4.69, 9.17) is 9.84 Å². The highest BCUT2D eigenvalue weighted by Gasteiger charge is 2.09. The van der Waals surface area contributed by atoms with Gasteiger partial charge in [-0.1, -0.05) is 6.07 Å². The first-order valence-electron chi connectivity index (χ1n) is 6.21. The molecule has 0 aliphatic rings. The molecule has 2 aromatic rings. The number of carboxylic acid groups (broad SMARTS) is 1. The number of benzene rings is 1. The number of methoxy groups -OCH3 is 1. The fraction of sp³-hybridized carbons (Fsp3) is 0.267. The third-order valence-corrected chi connectivity index (χ3v) is 4.10. The molecule has 0 aliphatic carbocycles. The Bertz CT molecular complexity index is 634. The second-order valence-electron chi connectivity index (χ2n) is 4.55. The van der Waals surface area contributed by atoms with Gasteiger partial charge in [0.15, 0.2) is 0 Å². The normalized spacial score (nSPS) is 10.3. The largest absolute Gasteiger partial charge is 0.496 e. The Morgan fingerprint density at radius 3 is 2.75 bits per heavy atom. The molecule has 0 saturated carbocycles. The van der Waals surface area contributed by atoms with E-state index in [0.29, 0.717) is 12.1 Å². The molecular weight excluding hydrogens is 274 g/mol. The maximum Gasteiger partial charge on any atom is 0.336 e. The monoisotopic (exact) mass is 291 g/mol. The summed E-state index contributed by atoms with van der Waals surface area (Å²) < 4.78 is 5.39. The molecule has 0 fully saturated rings. The lowest BCUT2D eigenvalue weighted by atomic mass is 10.1. The summed E-state index contributed by atoms with van der Waals surface area (Å²) in [6.45, 7) is 4.62. The van der Waals surface area contributed by atoms with E-state index in [2.05, 4.69) is 5.32 Å². The van der Waals surface area contributed by atoms with Crippen molar-refractivity contribution in [3.05, 3.63) is 45.1 Å². The van der Waals surface area contributed by atoms with Crippen LogP contribution in [0.25, 0.3) is 0 Å². The summed E-state index contributed by atoms with van der Waals surface area (Å²) in [5, 5.41) is 13.9. The van der Waals surface area contributed by atoms with E-state index < -0.39 is 5.97 Å². The fourth-order valence-corrected chi connectivity index (χ4v) is 2.90. The lowest BCUT2D eigenvalue weighted by Crippen LogP contribution is -2.02. The Morgan fingerprint density at radius 2 is 2.15 bits per heavy atom. The zero-order valence-corrected chi connectivity index (χ0v) is 12.5. The first-order chi connectivity index (χ1) is 9.52. The quantitative estimate of drug-likeness (QED) is 0.882. The molecule has 2 rings (SSSR count). The number of aryl methyl sites for hydroxylation is 1. The summed E-state index contributed by atoms with van der Waals surface area (Å²) in [6.07, 6.45) is 0. The SMILES string of the molecule is COc1c(C)ccc(NCc2cc(C(=O)O)cs2)c1C. The molecule has 2 N–H and O–H groups in total. The second-order valence-corrected chi connectivity index (χ2v) is 5.54. The molecule has 1 aromatic heterocycles. The molecule has 20 heavy (non-hydrogen) atoms. The van der Waals surface area contributed by atoms with Crippen molar-refractivity contribution in [2.24, 2.45) is 0 Å². The van der Waals surface area contributed by atoms with Crippen molar-refractivity contribution in [1.82, 2.24) is 0 Å². The number of aromatic carboxylic acids is 1.